The maximum Gasteiger partial charge on any atom is 0.306 e. The second-order valence-electron chi connectivity index (χ2n) is 5.04. The lowest BCUT2D eigenvalue weighted by molar-refractivity contribution is -0.143. The van der Waals surface area contributed by atoms with Gasteiger partial charge in [0, 0.05) is 18.2 Å². The molecule has 1 fully saturated rings. The average molecular weight is 300 g/mol. The number of aliphatic carboxylic acids is 1. The van der Waals surface area contributed by atoms with E-state index in [0.717, 1.165) is 6.07 Å². The Morgan fingerprint density at radius 2 is 2.15 bits per heavy atom. The first kappa shape index (κ1) is 14.8. The van der Waals surface area contributed by atoms with Crippen molar-refractivity contribution in [3.63, 3.8) is 0 Å². The summed E-state index contributed by atoms with van der Waals surface area (Å²) in [7, 11) is 0. The fraction of sp³-hybridized carbons (Fsp3) is 0.429. The molecule has 108 valence electrons. The highest BCUT2D eigenvalue weighted by molar-refractivity contribution is 6.31. The first-order valence-electron chi connectivity index (χ1n) is 6.39. The normalized spacial score (nSPS) is 22.6. The molecule has 1 aliphatic rings. The number of nitrogens with zero attached hydrogens (tertiary/aromatic N) is 1. The van der Waals surface area contributed by atoms with E-state index in [-0.39, 0.29) is 17.0 Å². The third-order valence-corrected chi connectivity index (χ3v) is 3.94. The molecule has 0 saturated carbocycles. The Morgan fingerprint density at radius 1 is 1.45 bits per heavy atom. The standard InChI is InChI=1S/C14H15ClFNO3/c1-8-6-10(14(19)20)4-5-17(8)13(18)9-2-3-12(16)11(15)7-9/h2-3,7-8,10H,4-6H2,1H3,(H,19,20). The molecule has 2 rings (SSSR count). The molecular weight excluding hydrogens is 285 g/mol. The minimum absolute atomic E-state index is 0.0936. The van der Waals surface area contributed by atoms with Crippen molar-refractivity contribution in [1.82, 2.24) is 4.90 Å². The van der Waals surface area contributed by atoms with Gasteiger partial charge in [0.2, 0.25) is 0 Å². The Bertz CT molecular complexity index is 549. The molecule has 1 aromatic carbocycles. The molecule has 2 atom stereocenters. The van der Waals surface area contributed by atoms with Gasteiger partial charge in [-0.3, -0.25) is 9.59 Å². The largest absolute Gasteiger partial charge is 0.481 e. The predicted molar refractivity (Wildman–Crippen MR) is 72.3 cm³/mol. The van der Waals surface area contributed by atoms with Crippen molar-refractivity contribution in [2.75, 3.05) is 6.54 Å². The van der Waals surface area contributed by atoms with Gasteiger partial charge in [-0.25, -0.2) is 4.39 Å². The Balaban J connectivity index is 2.13. The zero-order chi connectivity index (χ0) is 14.9. The van der Waals surface area contributed by atoms with E-state index in [1.165, 1.54) is 12.1 Å². The smallest absolute Gasteiger partial charge is 0.306 e. The van der Waals surface area contributed by atoms with Crippen LogP contribution in [0.15, 0.2) is 18.2 Å². The molecule has 0 spiro atoms. The molecule has 0 bridgehead atoms. The quantitative estimate of drug-likeness (QED) is 0.913. The van der Waals surface area contributed by atoms with Crippen molar-refractivity contribution < 1.29 is 19.1 Å². The van der Waals surface area contributed by atoms with Crippen LogP contribution in [0.1, 0.15) is 30.1 Å². The molecule has 20 heavy (non-hydrogen) atoms. The first-order chi connectivity index (χ1) is 9.40. The third-order valence-electron chi connectivity index (χ3n) is 3.65. The molecule has 1 aliphatic heterocycles. The van der Waals surface area contributed by atoms with Gasteiger partial charge in [0.05, 0.1) is 10.9 Å². The van der Waals surface area contributed by atoms with E-state index >= 15 is 0 Å². The van der Waals surface area contributed by atoms with Crippen LogP contribution in [0.2, 0.25) is 5.02 Å². The van der Waals surface area contributed by atoms with Gasteiger partial charge in [-0.05, 0) is 38.0 Å². The van der Waals surface area contributed by atoms with Crippen LogP contribution in [-0.2, 0) is 4.79 Å². The Labute approximate surface area is 121 Å². The molecule has 0 radical (unpaired) electrons. The van der Waals surface area contributed by atoms with Crippen molar-refractivity contribution in [1.29, 1.82) is 0 Å². The molecular formula is C14H15ClFNO3. The van der Waals surface area contributed by atoms with Gasteiger partial charge in [-0.2, -0.15) is 0 Å². The molecule has 1 aromatic rings. The predicted octanol–water partition coefficient (Wildman–Crippen LogP) is 2.80. The average Bonchev–Trinajstić information content (AvgIpc) is 2.41. The first-order valence-corrected chi connectivity index (χ1v) is 6.76. The van der Waals surface area contributed by atoms with Crippen molar-refractivity contribution in [2.24, 2.45) is 5.92 Å². The molecule has 4 nitrogen and oxygen atoms in total. The number of carbonyl (C=O) groups is 2. The molecule has 1 saturated heterocycles. The lowest BCUT2D eigenvalue weighted by Crippen LogP contribution is -2.46. The second-order valence-corrected chi connectivity index (χ2v) is 5.44. The van der Waals surface area contributed by atoms with Gasteiger partial charge in [0.25, 0.3) is 5.91 Å². The van der Waals surface area contributed by atoms with Crippen LogP contribution in [0, 0.1) is 11.7 Å². The maximum absolute atomic E-state index is 13.1. The molecule has 6 heteroatoms. The number of piperidine rings is 1. The number of amides is 1. The van der Waals surface area contributed by atoms with E-state index in [9.17, 15) is 14.0 Å². The van der Waals surface area contributed by atoms with Crippen LogP contribution in [0.3, 0.4) is 0 Å². The Hall–Kier alpha value is -1.62. The minimum Gasteiger partial charge on any atom is -0.481 e. The van der Waals surface area contributed by atoms with Crippen molar-refractivity contribution in [3.05, 3.63) is 34.6 Å². The molecule has 1 heterocycles. The SMILES string of the molecule is CC1CC(C(=O)O)CCN1C(=O)c1ccc(F)c(Cl)c1. The fourth-order valence-corrected chi connectivity index (χ4v) is 2.67. The van der Waals surface area contributed by atoms with Gasteiger partial charge in [0.1, 0.15) is 5.82 Å². The van der Waals surface area contributed by atoms with Crippen LogP contribution in [-0.4, -0.2) is 34.5 Å². The van der Waals surface area contributed by atoms with Crippen molar-refractivity contribution in [2.45, 2.75) is 25.8 Å². The highest BCUT2D eigenvalue weighted by Crippen LogP contribution is 2.25. The second kappa shape index (κ2) is 5.79. The summed E-state index contributed by atoms with van der Waals surface area (Å²) in [6.45, 7) is 2.20. The minimum atomic E-state index is -0.825. The van der Waals surface area contributed by atoms with E-state index in [4.69, 9.17) is 16.7 Å². The summed E-state index contributed by atoms with van der Waals surface area (Å²) in [4.78, 5) is 24.9. The van der Waals surface area contributed by atoms with Crippen LogP contribution >= 0.6 is 11.6 Å². The third kappa shape index (κ3) is 2.93. The summed E-state index contributed by atoms with van der Waals surface area (Å²) >= 11 is 5.67. The molecule has 1 amide bonds. The summed E-state index contributed by atoms with van der Waals surface area (Å²) < 4.78 is 13.1. The lowest BCUT2D eigenvalue weighted by atomic mass is 9.91. The van der Waals surface area contributed by atoms with Gasteiger partial charge in [0.15, 0.2) is 0 Å². The highest BCUT2D eigenvalue weighted by Gasteiger charge is 2.32. The number of hydrogen-bond donors (Lipinski definition) is 1. The molecule has 2 unspecified atom stereocenters. The van der Waals surface area contributed by atoms with E-state index in [0.29, 0.717) is 24.9 Å². The Kier molecular flexibility index (Phi) is 4.28. The highest BCUT2D eigenvalue weighted by atomic mass is 35.5. The fourth-order valence-electron chi connectivity index (χ4n) is 2.49. The number of halogens is 2. The number of benzene rings is 1. The number of carboxylic acids is 1. The monoisotopic (exact) mass is 299 g/mol. The van der Waals surface area contributed by atoms with Crippen LogP contribution < -0.4 is 0 Å². The number of hydrogen-bond acceptors (Lipinski definition) is 2. The van der Waals surface area contributed by atoms with Gasteiger partial charge < -0.3 is 10.0 Å². The van der Waals surface area contributed by atoms with E-state index < -0.39 is 17.7 Å². The van der Waals surface area contributed by atoms with Crippen molar-refractivity contribution >= 4 is 23.5 Å². The van der Waals surface area contributed by atoms with Crippen LogP contribution in [0.25, 0.3) is 0 Å². The van der Waals surface area contributed by atoms with E-state index in [1.54, 1.807) is 4.90 Å². The van der Waals surface area contributed by atoms with Gasteiger partial charge in [-0.1, -0.05) is 11.6 Å². The zero-order valence-corrected chi connectivity index (χ0v) is 11.7. The van der Waals surface area contributed by atoms with Crippen LogP contribution in [0.4, 0.5) is 4.39 Å². The van der Waals surface area contributed by atoms with Crippen molar-refractivity contribution in [3.8, 4) is 0 Å². The van der Waals surface area contributed by atoms with E-state index in [1.807, 2.05) is 6.92 Å². The molecule has 1 N–H and O–H groups in total. The van der Waals surface area contributed by atoms with Crippen LogP contribution in [0.5, 0.6) is 0 Å². The van der Waals surface area contributed by atoms with Gasteiger partial charge >= 0.3 is 5.97 Å². The number of carbonyl (C=O) groups excluding carboxylic acids is 1. The molecule has 0 aromatic heterocycles. The number of rotatable bonds is 2. The molecule has 0 aliphatic carbocycles. The van der Waals surface area contributed by atoms with E-state index in [2.05, 4.69) is 0 Å². The Morgan fingerprint density at radius 3 is 2.70 bits per heavy atom. The summed E-state index contributed by atoms with van der Waals surface area (Å²) in [6, 6.07) is 3.68. The summed E-state index contributed by atoms with van der Waals surface area (Å²) in [5.74, 6) is -2.05. The summed E-state index contributed by atoms with van der Waals surface area (Å²) in [6.07, 6.45) is 0.857. The van der Waals surface area contributed by atoms with Gasteiger partial charge in [-0.15, -0.1) is 0 Å². The number of carboxylic acid groups (broad SMARTS) is 1. The maximum atomic E-state index is 13.1. The number of likely N-dealkylation sites (tertiary alicyclic amines) is 1. The summed E-state index contributed by atoms with van der Waals surface area (Å²) in [5, 5.41) is 8.91. The zero-order valence-electron chi connectivity index (χ0n) is 11.0. The lowest BCUT2D eigenvalue weighted by Gasteiger charge is -2.36. The summed E-state index contributed by atoms with van der Waals surface area (Å²) in [5.41, 5.74) is 0.317. The topological polar surface area (TPSA) is 57.6 Å².